The number of anilines is 1. The second-order valence-corrected chi connectivity index (χ2v) is 3.30. The standard InChI is InChI=1S/C12H11N3O3/c1-14-7-9(6-13)11(16)15-10-4-2-3-8(5-10)12(17)18/h2-5,7,14H,1H3,(H,15,16)(H,17,18)/b9-7-. The van der Waals surface area contributed by atoms with Crippen molar-refractivity contribution >= 4 is 17.6 Å². The fourth-order valence-electron chi connectivity index (χ4n) is 1.22. The van der Waals surface area contributed by atoms with E-state index in [2.05, 4.69) is 10.6 Å². The third-order valence-electron chi connectivity index (χ3n) is 2.02. The summed E-state index contributed by atoms with van der Waals surface area (Å²) in [5.74, 6) is -1.69. The molecule has 0 aromatic heterocycles. The van der Waals surface area contributed by atoms with Crippen LogP contribution in [0.15, 0.2) is 36.0 Å². The van der Waals surface area contributed by atoms with Crippen molar-refractivity contribution in [2.45, 2.75) is 0 Å². The predicted octanol–water partition coefficient (Wildman–Crippen LogP) is 0.950. The number of aromatic carboxylic acids is 1. The number of carbonyl (C=O) groups is 2. The van der Waals surface area contributed by atoms with E-state index in [-0.39, 0.29) is 11.1 Å². The Hall–Kier alpha value is -2.81. The van der Waals surface area contributed by atoms with Gasteiger partial charge in [-0.25, -0.2) is 4.79 Å². The second kappa shape index (κ2) is 6.06. The maximum absolute atomic E-state index is 11.6. The first kappa shape index (κ1) is 13.3. The Balaban J connectivity index is 2.89. The zero-order valence-corrected chi connectivity index (χ0v) is 9.60. The molecule has 0 radical (unpaired) electrons. The van der Waals surface area contributed by atoms with Crippen molar-refractivity contribution in [3.8, 4) is 6.07 Å². The molecule has 0 saturated carbocycles. The molecule has 6 nitrogen and oxygen atoms in total. The normalized spacial score (nSPS) is 10.3. The van der Waals surface area contributed by atoms with Crippen LogP contribution in [0, 0.1) is 11.3 Å². The van der Waals surface area contributed by atoms with Gasteiger partial charge in [0.15, 0.2) is 0 Å². The van der Waals surface area contributed by atoms with Crippen LogP contribution < -0.4 is 10.6 Å². The lowest BCUT2D eigenvalue weighted by molar-refractivity contribution is -0.112. The Bertz CT molecular complexity index is 544. The monoisotopic (exact) mass is 245 g/mol. The van der Waals surface area contributed by atoms with Crippen LogP contribution in [-0.2, 0) is 4.79 Å². The molecule has 1 aromatic carbocycles. The van der Waals surface area contributed by atoms with Crippen LogP contribution >= 0.6 is 0 Å². The fraction of sp³-hybridized carbons (Fsp3) is 0.0833. The molecule has 1 rings (SSSR count). The number of benzene rings is 1. The molecule has 0 unspecified atom stereocenters. The Morgan fingerprint density at radius 3 is 2.72 bits per heavy atom. The number of carboxylic acid groups (broad SMARTS) is 1. The summed E-state index contributed by atoms with van der Waals surface area (Å²) >= 11 is 0. The van der Waals surface area contributed by atoms with Gasteiger partial charge in [-0.3, -0.25) is 4.79 Å². The summed E-state index contributed by atoms with van der Waals surface area (Å²) in [6, 6.07) is 7.50. The molecular formula is C12H11N3O3. The highest BCUT2D eigenvalue weighted by molar-refractivity contribution is 6.06. The van der Waals surface area contributed by atoms with E-state index in [0.29, 0.717) is 5.69 Å². The number of hydrogen-bond acceptors (Lipinski definition) is 4. The van der Waals surface area contributed by atoms with Gasteiger partial charge >= 0.3 is 5.97 Å². The largest absolute Gasteiger partial charge is 0.478 e. The van der Waals surface area contributed by atoms with Crippen molar-refractivity contribution in [2.24, 2.45) is 0 Å². The van der Waals surface area contributed by atoms with Gasteiger partial charge in [-0.15, -0.1) is 0 Å². The SMILES string of the molecule is CN/C=C(/C#N)C(=O)Nc1cccc(C(=O)O)c1. The molecule has 0 spiro atoms. The van der Waals surface area contributed by atoms with Gasteiger partial charge in [0.1, 0.15) is 11.6 Å². The minimum Gasteiger partial charge on any atom is -0.478 e. The summed E-state index contributed by atoms with van der Waals surface area (Å²) in [7, 11) is 1.57. The Morgan fingerprint density at radius 2 is 2.17 bits per heavy atom. The minimum atomic E-state index is -1.09. The summed E-state index contributed by atoms with van der Waals surface area (Å²) in [4.78, 5) is 22.4. The molecule has 18 heavy (non-hydrogen) atoms. The molecule has 3 N–H and O–H groups in total. The highest BCUT2D eigenvalue weighted by atomic mass is 16.4. The van der Waals surface area contributed by atoms with Crippen LogP contribution in [0.25, 0.3) is 0 Å². The van der Waals surface area contributed by atoms with Gasteiger partial charge in [-0.05, 0) is 18.2 Å². The van der Waals surface area contributed by atoms with Crippen molar-refractivity contribution in [2.75, 3.05) is 12.4 Å². The molecule has 0 fully saturated rings. The zero-order valence-electron chi connectivity index (χ0n) is 9.60. The van der Waals surface area contributed by atoms with Crippen molar-refractivity contribution in [3.05, 3.63) is 41.6 Å². The smallest absolute Gasteiger partial charge is 0.335 e. The van der Waals surface area contributed by atoms with Crippen LogP contribution in [0.3, 0.4) is 0 Å². The van der Waals surface area contributed by atoms with E-state index in [9.17, 15) is 9.59 Å². The molecule has 92 valence electrons. The lowest BCUT2D eigenvalue weighted by atomic mass is 10.2. The number of carboxylic acids is 1. The quantitative estimate of drug-likeness (QED) is 0.541. The lowest BCUT2D eigenvalue weighted by Gasteiger charge is -2.04. The molecule has 6 heteroatoms. The van der Waals surface area contributed by atoms with Crippen LogP contribution in [0.1, 0.15) is 10.4 Å². The van der Waals surface area contributed by atoms with Gasteiger partial charge in [0.05, 0.1) is 5.56 Å². The molecule has 1 amide bonds. The summed E-state index contributed by atoms with van der Waals surface area (Å²) in [6.45, 7) is 0. The molecule has 0 bridgehead atoms. The first-order valence-electron chi connectivity index (χ1n) is 5.00. The van der Waals surface area contributed by atoms with E-state index in [4.69, 9.17) is 10.4 Å². The molecule has 1 aromatic rings. The van der Waals surface area contributed by atoms with E-state index < -0.39 is 11.9 Å². The molecule has 0 heterocycles. The van der Waals surface area contributed by atoms with E-state index in [1.165, 1.54) is 24.4 Å². The fourth-order valence-corrected chi connectivity index (χ4v) is 1.22. The van der Waals surface area contributed by atoms with Gasteiger partial charge in [-0.2, -0.15) is 5.26 Å². The van der Waals surface area contributed by atoms with Crippen LogP contribution in [-0.4, -0.2) is 24.0 Å². The summed E-state index contributed by atoms with van der Waals surface area (Å²) in [6.07, 6.45) is 1.26. The van der Waals surface area contributed by atoms with E-state index in [0.717, 1.165) is 0 Å². The van der Waals surface area contributed by atoms with Crippen LogP contribution in [0.5, 0.6) is 0 Å². The summed E-state index contributed by atoms with van der Waals surface area (Å²) in [5, 5.41) is 22.5. The molecular weight excluding hydrogens is 234 g/mol. The lowest BCUT2D eigenvalue weighted by Crippen LogP contribution is -2.15. The highest BCUT2D eigenvalue weighted by Crippen LogP contribution is 2.11. The minimum absolute atomic E-state index is 0.0592. The van der Waals surface area contributed by atoms with E-state index in [1.54, 1.807) is 19.2 Å². The van der Waals surface area contributed by atoms with Crippen molar-refractivity contribution in [3.63, 3.8) is 0 Å². The summed E-state index contributed by atoms with van der Waals surface area (Å²) < 4.78 is 0. The third-order valence-corrected chi connectivity index (χ3v) is 2.02. The maximum Gasteiger partial charge on any atom is 0.335 e. The number of carbonyl (C=O) groups excluding carboxylic acids is 1. The molecule has 0 aliphatic rings. The third kappa shape index (κ3) is 3.35. The van der Waals surface area contributed by atoms with Gasteiger partial charge in [0, 0.05) is 18.9 Å². The number of nitrogens with one attached hydrogen (secondary N) is 2. The number of hydrogen-bond donors (Lipinski definition) is 3. The second-order valence-electron chi connectivity index (χ2n) is 3.30. The van der Waals surface area contributed by atoms with Crippen molar-refractivity contribution in [1.29, 1.82) is 5.26 Å². The van der Waals surface area contributed by atoms with Gasteiger partial charge < -0.3 is 15.7 Å². The van der Waals surface area contributed by atoms with Crippen molar-refractivity contribution < 1.29 is 14.7 Å². The average molecular weight is 245 g/mol. The van der Waals surface area contributed by atoms with Crippen LogP contribution in [0.2, 0.25) is 0 Å². The maximum atomic E-state index is 11.6. The Kier molecular flexibility index (Phi) is 4.46. The number of nitriles is 1. The molecule has 0 saturated heterocycles. The first-order valence-corrected chi connectivity index (χ1v) is 5.00. The highest BCUT2D eigenvalue weighted by Gasteiger charge is 2.10. The first-order chi connectivity index (χ1) is 8.58. The molecule has 0 aliphatic heterocycles. The van der Waals surface area contributed by atoms with Crippen molar-refractivity contribution in [1.82, 2.24) is 5.32 Å². The Labute approximate surface area is 104 Å². The zero-order chi connectivity index (χ0) is 13.5. The van der Waals surface area contributed by atoms with E-state index >= 15 is 0 Å². The van der Waals surface area contributed by atoms with Gasteiger partial charge in [-0.1, -0.05) is 6.07 Å². The van der Waals surface area contributed by atoms with Gasteiger partial charge in [0.25, 0.3) is 5.91 Å². The topological polar surface area (TPSA) is 102 Å². The average Bonchev–Trinajstić information content (AvgIpc) is 2.36. The number of rotatable bonds is 4. The molecule has 0 atom stereocenters. The number of amides is 1. The molecule has 0 aliphatic carbocycles. The number of nitrogens with zero attached hydrogens (tertiary/aromatic N) is 1. The predicted molar refractivity (Wildman–Crippen MR) is 64.8 cm³/mol. The summed E-state index contributed by atoms with van der Waals surface area (Å²) in [5.41, 5.74) is 0.277. The van der Waals surface area contributed by atoms with Crippen LogP contribution in [0.4, 0.5) is 5.69 Å². The van der Waals surface area contributed by atoms with Gasteiger partial charge in [0.2, 0.25) is 0 Å². The Morgan fingerprint density at radius 1 is 1.44 bits per heavy atom. The van der Waals surface area contributed by atoms with E-state index in [1.807, 2.05) is 0 Å².